The summed E-state index contributed by atoms with van der Waals surface area (Å²) in [6, 6.07) is 13.0. The Hall–Kier alpha value is -3.19. The molecule has 4 rings (SSSR count). The van der Waals surface area contributed by atoms with Crippen LogP contribution in [0.4, 0.5) is 0 Å². The summed E-state index contributed by atoms with van der Waals surface area (Å²) in [5.74, 6) is 0.650. The van der Waals surface area contributed by atoms with Crippen molar-refractivity contribution in [1.29, 1.82) is 0 Å². The average molecular weight is 378 g/mol. The number of amides is 1. The number of hydrogen-bond donors (Lipinski definition) is 0. The molecule has 0 aliphatic carbocycles. The number of carbonyl (C=O) groups excluding carboxylic acids is 1. The van der Waals surface area contributed by atoms with Crippen LogP contribution in [0.25, 0.3) is 0 Å². The molecular weight excluding hydrogens is 356 g/mol. The summed E-state index contributed by atoms with van der Waals surface area (Å²) in [4.78, 5) is 18.9. The highest BCUT2D eigenvalue weighted by Crippen LogP contribution is 2.18. The van der Waals surface area contributed by atoms with Gasteiger partial charge in [0.1, 0.15) is 12.4 Å². The van der Waals surface area contributed by atoms with Crippen LogP contribution < -0.4 is 4.74 Å². The van der Waals surface area contributed by atoms with Gasteiger partial charge in [-0.3, -0.25) is 14.5 Å². The van der Waals surface area contributed by atoms with Gasteiger partial charge in [0.15, 0.2) is 0 Å². The number of morpholine rings is 1. The van der Waals surface area contributed by atoms with Gasteiger partial charge >= 0.3 is 0 Å². The normalized spacial score (nSPS) is 16.7. The van der Waals surface area contributed by atoms with Crippen molar-refractivity contribution in [2.75, 3.05) is 19.7 Å². The van der Waals surface area contributed by atoms with E-state index >= 15 is 0 Å². The fourth-order valence-electron chi connectivity index (χ4n) is 3.18. The minimum absolute atomic E-state index is 0.0133. The molecule has 1 aliphatic heterocycles. The highest BCUT2D eigenvalue weighted by molar-refractivity contribution is 5.94. The van der Waals surface area contributed by atoms with Gasteiger partial charge < -0.3 is 14.4 Å². The molecular formula is C21H22N4O3. The van der Waals surface area contributed by atoms with E-state index in [0.29, 0.717) is 44.2 Å². The van der Waals surface area contributed by atoms with Crippen LogP contribution >= 0.6 is 0 Å². The number of aromatic nitrogens is 3. The van der Waals surface area contributed by atoms with E-state index in [0.717, 1.165) is 5.56 Å². The van der Waals surface area contributed by atoms with Crippen LogP contribution in [0.2, 0.25) is 0 Å². The van der Waals surface area contributed by atoms with Crippen LogP contribution in [0, 0.1) is 0 Å². The van der Waals surface area contributed by atoms with Crippen molar-refractivity contribution in [2.24, 2.45) is 0 Å². The molecule has 0 N–H and O–H groups in total. The number of hydrogen-bond acceptors (Lipinski definition) is 5. The third-order valence-electron chi connectivity index (χ3n) is 4.59. The Kier molecular flexibility index (Phi) is 5.63. The highest BCUT2D eigenvalue weighted by atomic mass is 16.5. The fraction of sp³-hybridized carbons (Fsp3) is 0.286. The molecule has 1 amide bonds. The lowest BCUT2D eigenvalue weighted by atomic mass is 10.1. The van der Waals surface area contributed by atoms with Gasteiger partial charge in [-0.15, -0.1) is 0 Å². The summed E-state index contributed by atoms with van der Waals surface area (Å²) in [5, 5.41) is 4.21. The molecule has 0 spiro atoms. The molecule has 7 nitrogen and oxygen atoms in total. The van der Waals surface area contributed by atoms with E-state index in [1.807, 2.05) is 52.2 Å². The van der Waals surface area contributed by atoms with E-state index in [2.05, 4.69) is 10.1 Å². The van der Waals surface area contributed by atoms with E-state index in [4.69, 9.17) is 9.47 Å². The van der Waals surface area contributed by atoms with E-state index in [1.54, 1.807) is 24.7 Å². The van der Waals surface area contributed by atoms with E-state index in [1.165, 1.54) is 0 Å². The Morgan fingerprint density at radius 3 is 3.00 bits per heavy atom. The van der Waals surface area contributed by atoms with Crippen molar-refractivity contribution in [3.63, 3.8) is 0 Å². The molecule has 3 aromatic rings. The maximum Gasteiger partial charge on any atom is 0.254 e. The molecule has 1 aromatic carbocycles. The Labute approximate surface area is 163 Å². The molecule has 2 aromatic heterocycles. The van der Waals surface area contributed by atoms with Crippen LogP contribution in [0.3, 0.4) is 0 Å². The number of ether oxygens (including phenoxy) is 2. The summed E-state index contributed by atoms with van der Waals surface area (Å²) >= 11 is 0. The largest absolute Gasteiger partial charge is 0.489 e. The third kappa shape index (κ3) is 4.55. The van der Waals surface area contributed by atoms with E-state index in [-0.39, 0.29) is 12.0 Å². The van der Waals surface area contributed by atoms with Crippen molar-refractivity contribution in [3.8, 4) is 5.75 Å². The Balaban J connectivity index is 1.38. The lowest BCUT2D eigenvalue weighted by molar-refractivity contribution is -0.0300. The zero-order valence-electron chi connectivity index (χ0n) is 15.5. The Morgan fingerprint density at radius 1 is 1.21 bits per heavy atom. The molecule has 1 saturated heterocycles. The van der Waals surface area contributed by atoms with Crippen LogP contribution in [0.15, 0.2) is 67.3 Å². The summed E-state index contributed by atoms with van der Waals surface area (Å²) in [6.07, 6.45) is 7.06. The van der Waals surface area contributed by atoms with E-state index < -0.39 is 0 Å². The summed E-state index contributed by atoms with van der Waals surface area (Å²) in [7, 11) is 0. The minimum atomic E-state index is -0.0670. The van der Waals surface area contributed by atoms with Crippen molar-refractivity contribution in [1.82, 2.24) is 19.7 Å². The van der Waals surface area contributed by atoms with Crippen LogP contribution in [0.5, 0.6) is 5.75 Å². The predicted octanol–water partition coefficient (Wildman–Crippen LogP) is 2.40. The molecule has 0 saturated carbocycles. The summed E-state index contributed by atoms with van der Waals surface area (Å²) < 4.78 is 13.4. The number of pyridine rings is 1. The second kappa shape index (κ2) is 8.67. The van der Waals surface area contributed by atoms with Crippen molar-refractivity contribution in [3.05, 3.63) is 78.4 Å². The first-order valence-electron chi connectivity index (χ1n) is 9.28. The van der Waals surface area contributed by atoms with Gasteiger partial charge in [-0.2, -0.15) is 5.10 Å². The van der Waals surface area contributed by atoms with E-state index in [9.17, 15) is 4.79 Å². The van der Waals surface area contributed by atoms with Crippen molar-refractivity contribution >= 4 is 5.91 Å². The molecule has 7 heteroatoms. The zero-order chi connectivity index (χ0) is 19.2. The first-order valence-corrected chi connectivity index (χ1v) is 9.28. The van der Waals surface area contributed by atoms with Crippen LogP contribution in [-0.2, 0) is 17.9 Å². The van der Waals surface area contributed by atoms with Gasteiger partial charge in [-0.1, -0.05) is 12.1 Å². The highest BCUT2D eigenvalue weighted by Gasteiger charge is 2.25. The molecule has 1 fully saturated rings. The maximum absolute atomic E-state index is 13.0. The predicted molar refractivity (Wildman–Crippen MR) is 103 cm³/mol. The van der Waals surface area contributed by atoms with Crippen LogP contribution in [-0.4, -0.2) is 51.4 Å². The molecule has 0 bridgehead atoms. The van der Waals surface area contributed by atoms with Gasteiger partial charge in [0.05, 0.1) is 19.3 Å². The number of nitrogens with zero attached hydrogens (tertiary/aromatic N) is 4. The smallest absolute Gasteiger partial charge is 0.254 e. The Morgan fingerprint density at radius 2 is 2.18 bits per heavy atom. The van der Waals surface area contributed by atoms with Crippen LogP contribution in [0.1, 0.15) is 15.9 Å². The third-order valence-corrected chi connectivity index (χ3v) is 4.59. The summed E-state index contributed by atoms with van der Waals surface area (Å²) in [6.45, 7) is 2.68. The lowest BCUT2D eigenvalue weighted by Crippen LogP contribution is -2.47. The second-order valence-electron chi connectivity index (χ2n) is 6.65. The lowest BCUT2D eigenvalue weighted by Gasteiger charge is -2.33. The zero-order valence-corrected chi connectivity index (χ0v) is 15.5. The van der Waals surface area contributed by atoms with Gasteiger partial charge in [0, 0.05) is 49.0 Å². The number of benzene rings is 1. The molecule has 144 valence electrons. The quantitative estimate of drug-likeness (QED) is 0.659. The number of carbonyl (C=O) groups is 1. The minimum Gasteiger partial charge on any atom is -0.489 e. The fourth-order valence-corrected chi connectivity index (χ4v) is 3.18. The van der Waals surface area contributed by atoms with Gasteiger partial charge in [-0.25, -0.2) is 0 Å². The summed E-state index contributed by atoms with van der Waals surface area (Å²) in [5.41, 5.74) is 1.59. The molecule has 1 aliphatic rings. The van der Waals surface area contributed by atoms with Gasteiger partial charge in [0.25, 0.3) is 5.91 Å². The van der Waals surface area contributed by atoms with Crippen molar-refractivity contribution < 1.29 is 14.3 Å². The monoisotopic (exact) mass is 378 g/mol. The standard InChI is InChI=1S/C21H22N4O3/c26-21(24-10-11-27-20(14-24)15-25-9-3-8-23-25)18-5-1-6-19(12-18)28-16-17-4-2-7-22-13-17/h1-9,12-13,20H,10-11,14-16H2. The second-order valence-corrected chi connectivity index (χ2v) is 6.65. The van der Waals surface area contributed by atoms with Crippen molar-refractivity contribution in [2.45, 2.75) is 19.3 Å². The molecule has 1 unspecified atom stereocenters. The Bertz CT molecular complexity index is 899. The SMILES string of the molecule is O=C(c1cccc(OCc2cccnc2)c1)N1CCOC(Cn2cccn2)C1. The first-order chi connectivity index (χ1) is 13.8. The molecule has 3 heterocycles. The average Bonchev–Trinajstić information content (AvgIpc) is 3.26. The molecule has 0 radical (unpaired) electrons. The topological polar surface area (TPSA) is 69.5 Å². The maximum atomic E-state index is 13.0. The molecule has 1 atom stereocenters. The first kappa shape index (κ1) is 18.2. The molecule has 28 heavy (non-hydrogen) atoms. The number of rotatable bonds is 6. The van der Waals surface area contributed by atoms with Gasteiger partial charge in [0.2, 0.25) is 0 Å². The van der Waals surface area contributed by atoms with Gasteiger partial charge in [-0.05, 0) is 30.3 Å².